The van der Waals surface area contributed by atoms with Crippen molar-refractivity contribution in [1.29, 1.82) is 0 Å². The Kier molecular flexibility index (Phi) is 4.95. The SMILES string of the molecule is CCCCS(=O)(=O)N1C[C@@H](C(=O)O)[C@H](c2ccccn2)C1. The minimum Gasteiger partial charge on any atom is -0.481 e. The first-order valence-corrected chi connectivity index (χ1v) is 8.68. The van der Waals surface area contributed by atoms with Gasteiger partial charge in [-0.3, -0.25) is 9.78 Å². The van der Waals surface area contributed by atoms with Crippen molar-refractivity contribution in [2.45, 2.75) is 25.7 Å². The first-order chi connectivity index (χ1) is 9.95. The summed E-state index contributed by atoms with van der Waals surface area (Å²) in [5.41, 5.74) is 0.637. The molecule has 21 heavy (non-hydrogen) atoms. The van der Waals surface area contributed by atoms with Gasteiger partial charge in [-0.05, 0) is 18.6 Å². The van der Waals surface area contributed by atoms with Gasteiger partial charge in [0.05, 0.1) is 11.7 Å². The van der Waals surface area contributed by atoms with Gasteiger partial charge < -0.3 is 5.11 Å². The standard InChI is InChI=1S/C14H20N2O4S/c1-2-3-8-21(19,20)16-9-11(12(10-16)14(17)18)13-6-4-5-7-15-13/h4-7,11-12H,2-3,8-10H2,1H3,(H,17,18)/t11-,12-/m1/s1. The number of hydrogen-bond acceptors (Lipinski definition) is 4. The van der Waals surface area contributed by atoms with Gasteiger partial charge in [-0.2, -0.15) is 0 Å². The predicted octanol–water partition coefficient (Wildman–Crippen LogP) is 1.31. The van der Waals surface area contributed by atoms with Crippen LogP contribution in [-0.2, 0) is 14.8 Å². The van der Waals surface area contributed by atoms with Crippen molar-refractivity contribution in [3.63, 3.8) is 0 Å². The van der Waals surface area contributed by atoms with Crippen LogP contribution in [0.3, 0.4) is 0 Å². The minimum atomic E-state index is -3.39. The van der Waals surface area contributed by atoms with Crippen LogP contribution in [0.4, 0.5) is 0 Å². The Labute approximate surface area is 124 Å². The summed E-state index contributed by atoms with van der Waals surface area (Å²) >= 11 is 0. The zero-order valence-corrected chi connectivity index (χ0v) is 12.8. The van der Waals surface area contributed by atoms with Gasteiger partial charge in [-0.15, -0.1) is 0 Å². The molecule has 0 saturated carbocycles. The fourth-order valence-electron chi connectivity index (χ4n) is 2.60. The Balaban J connectivity index is 2.22. The van der Waals surface area contributed by atoms with Crippen LogP contribution in [0.2, 0.25) is 0 Å². The van der Waals surface area contributed by atoms with Crippen molar-refractivity contribution in [2.75, 3.05) is 18.8 Å². The number of nitrogens with zero attached hydrogens (tertiary/aromatic N) is 2. The number of aliphatic carboxylic acids is 1. The molecule has 7 heteroatoms. The number of hydrogen-bond donors (Lipinski definition) is 1. The molecule has 0 bridgehead atoms. The van der Waals surface area contributed by atoms with Crippen LogP contribution < -0.4 is 0 Å². The molecule has 0 radical (unpaired) electrons. The molecule has 1 fully saturated rings. The highest BCUT2D eigenvalue weighted by atomic mass is 32.2. The molecule has 2 rings (SSSR count). The van der Waals surface area contributed by atoms with Crippen molar-refractivity contribution in [3.05, 3.63) is 30.1 Å². The lowest BCUT2D eigenvalue weighted by atomic mass is 9.93. The highest BCUT2D eigenvalue weighted by Gasteiger charge is 2.43. The minimum absolute atomic E-state index is 0.0304. The maximum atomic E-state index is 12.2. The Morgan fingerprint density at radius 3 is 2.76 bits per heavy atom. The summed E-state index contributed by atoms with van der Waals surface area (Å²) in [5.74, 6) is -2.03. The molecule has 1 aliphatic heterocycles. The zero-order valence-electron chi connectivity index (χ0n) is 12.0. The average Bonchev–Trinajstić information content (AvgIpc) is 2.92. The molecule has 1 aliphatic rings. The molecular weight excluding hydrogens is 292 g/mol. The molecule has 0 aliphatic carbocycles. The molecule has 6 nitrogen and oxygen atoms in total. The third kappa shape index (κ3) is 3.59. The third-order valence-electron chi connectivity index (χ3n) is 3.82. The summed E-state index contributed by atoms with van der Waals surface area (Å²) < 4.78 is 25.8. The molecule has 1 N–H and O–H groups in total. The second kappa shape index (κ2) is 6.53. The van der Waals surface area contributed by atoms with E-state index < -0.39 is 21.9 Å². The number of unbranched alkanes of at least 4 members (excludes halogenated alkanes) is 1. The van der Waals surface area contributed by atoms with Crippen molar-refractivity contribution in [2.24, 2.45) is 5.92 Å². The van der Waals surface area contributed by atoms with Crippen molar-refractivity contribution in [1.82, 2.24) is 9.29 Å². The van der Waals surface area contributed by atoms with E-state index in [9.17, 15) is 18.3 Å². The normalized spacial score (nSPS) is 23.3. The third-order valence-corrected chi connectivity index (χ3v) is 5.71. The van der Waals surface area contributed by atoms with E-state index in [1.54, 1.807) is 24.4 Å². The molecule has 0 aromatic carbocycles. The quantitative estimate of drug-likeness (QED) is 0.855. The number of aromatic nitrogens is 1. The number of sulfonamides is 1. The monoisotopic (exact) mass is 312 g/mol. The largest absolute Gasteiger partial charge is 0.481 e. The summed E-state index contributed by atoms with van der Waals surface area (Å²) in [7, 11) is -3.39. The fraction of sp³-hybridized carbons (Fsp3) is 0.571. The van der Waals surface area contributed by atoms with Crippen molar-refractivity contribution >= 4 is 16.0 Å². The van der Waals surface area contributed by atoms with Crippen molar-refractivity contribution < 1.29 is 18.3 Å². The molecular formula is C14H20N2O4S. The fourth-order valence-corrected chi connectivity index (χ4v) is 4.28. The molecule has 1 aromatic rings. The lowest BCUT2D eigenvalue weighted by molar-refractivity contribution is -0.141. The zero-order chi connectivity index (χ0) is 15.5. The maximum absolute atomic E-state index is 12.2. The first-order valence-electron chi connectivity index (χ1n) is 7.07. The first kappa shape index (κ1) is 15.9. The van der Waals surface area contributed by atoms with Gasteiger partial charge in [0, 0.05) is 30.9 Å². The lowest BCUT2D eigenvalue weighted by Crippen LogP contribution is -2.32. The Bertz CT molecular complexity index is 588. The Morgan fingerprint density at radius 2 is 2.19 bits per heavy atom. The van der Waals surface area contributed by atoms with Gasteiger partial charge in [0.25, 0.3) is 0 Å². The Morgan fingerprint density at radius 1 is 1.43 bits per heavy atom. The smallest absolute Gasteiger partial charge is 0.308 e. The molecule has 1 saturated heterocycles. The van der Waals surface area contributed by atoms with Crippen LogP contribution in [0, 0.1) is 5.92 Å². The van der Waals surface area contributed by atoms with E-state index in [0.29, 0.717) is 12.1 Å². The highest BCUT2D eigenvalue weighted by Crippen LogP contribution is 2.33. The summed E-state index contributed by atoms with van der Waals surface area (Å²) in [6.45, 7) is 2.15. The van der Waals surface area contributed by atoms with E-state index in [1.165, 1.54) is 4.31 Å². The highest BCUT2D eigenvalue weighted by molar-refractivity contribution is 7.89. The van der Waals surface area contributed by atoms with Gasteiger partial charge in [0.1, 0.15) is 0 Å². The van der Waals surface area contributed by atoms with Crippen LogP contribution in [0.15, 0.2) is 24.4 Å². The van der Waals surface area contributed by atoms with Crippen LogP contribution in [0.5, 0.6) is 0 Å². The molecule has 2 heterocycles. The Hall–Kier alpha value is -1.47. The molecule has 0 unspecified atom stereocenters. The lowest BCUT2D eigenvalue weighted by Gasteiger charge is -2.16. The number of pyridine rings is 1. The summed E-state index contributed by atoms with van der Waals surface area (Å²) in [5, 5.41) is 9.36. The van der Waals surface area contributed by atoms with Crippen LogP contribution in [0.1, 0.15) is 31.4 Å². The van der Waals surface area contributed by atoms with E-state index in [4.69, 9.17) is 0 Å². The van der Waals surface area contributed by atoms with Crippen LogP contribution in [0.25, 0.3) is 0 Å². The summed E-state index contributed by atoms with van der Waals surface area (Å²) in [6, 6.07) is 5.29. The number of rotatable bonds is 6. The van der Waals surface area contributed by atoms with E-state index in [1.807, 2.05) is 6.92 Å². The van der Waals surface area contributed by atoms with Gasteiger partial charge in [0.2, 0.25) is 10.0 Å². The molecule has 2 atom stereocenters. The second-order valence-corrected chi connectivity index (χ2v) is 7.38. The summed E-state index contributed by atoms with van der Waals surface area (Å²) in [6.07, 6.45) is 2.98. The molecule has 0 amide bonds. The molecule has 0 spiro atoms. The second-order valence-electron chi connectivity index (χ2n) is 5.29. The van der Waals surface area contributed by atoms with Gasteiger partial charge in [0.15, 0.2) is 0 Å². The number of carbonyl (C=O) groups is 1. The van der Waals surface area contributed by atoms with E-state index in [0.717, 1.165) is 6.42 Å². The van der Waals surface area contributed by atoms with Crippen LogP contribution in [-0.4, -0.2) is 47.6 Å². The van der Waals surface area contributed by atoms with E-state index >= 15 is 0 Å². The van der Waals surface area contributed by atoms with Crippen molar-refractivity contribution in [3.8, 4) is 0 Å². The molecule has 1 aromatic heterocycles. The van der Waals surface area contributed by atoms with E-state index in [2.05, 4.69) is 4.98 Å². The van der Waals surface area contributed by atoms with Crippen LogP contribution >= 0.6 is 0 Å². The summed E-state index contributed by atoms with van der Waals surface area (Å²) in [4.78, 5) is 15.6. The number of carboxylic acid groups (broad SMARTS) is 1. The van der Waals surface area contributed by atoms with E-state index in [-0.39, 0.29) is 24.8 Å². The topological polar surface area (TPSA) is 87.6 Å². The maximum Gasteiger partial charge on any atom is 0.308 e. The van der Waals surface area contributed by atoms with Gasteiger partial charge in [-0.1, -0.05) is 19.4 Å². The average molecular weight is 312 g/mol. The van der Waals surface area contributed by atoms with Gasteiger partial charge >= 0.3 is 5.97 Å². The molecule has 116 valence electrons. The van der Waals surface area contributed by atoms with Gasteiger partial charge in [-0.25, -0.2) is 12.7 Å². The predicted molar refractivity (Wildman–Crippen MR) is 78.4 cm³/mol. The number of carboxylic acids is 1.